The highest BCUT2D eigenvalue weighted by atomic mass is 32.2. The van der Waals surface area contributed by atoms with E-state index in [1.54, 1.807) is 6.92 Å². The highest BCUT2D eigenvalue weighted by Gasteiger charge is 2.10. The number of carboxylic acids is 1. The molecule has 0 rings (SSSR count). The molecule has 8 heteroatoms. The van der Waals surface area contributed by atoms with Gasteiger partial charge in [-0.3, -0.25) is 9.59 Å². The zero-order chi connectivity index (χ0) is 11.9. The SMILES string of the molecule is CCNS(=O)(=O)CCNC(=O)CC(=O)O. The van der Waals surface area contributed by atoms with Crippen molar-refractivity contribution in [1.82, 2.24) is 10.0 Å². The number of hydrogen-bond acceptors (Lipinski definition) is 4. The molecule has 0 spiro atoms. The minimum absolute atomic E-state index is 0.0958. The van der Waals surface area contributed by atoms with E-state index < -0.39 is 28.3 Å². The Morgan fingerprint density at radius 1 is 1.33 bits per heavy atom. The maximum atomic E-state index is 11.1. The molecule has 0 radical (unpaired) electrons. The number of carbonyl (C=O) groups is 2. The van der Waals surface area contributed by atoms with E-state index in [0.29, 0.717) is 0 Å². The largest absolute Gasteiger partial charge is 0.481 e. The summed E-state index contributed by atoms with van der Waals surface area (Å²) in [7, 11) is -3.37. The molecule has 0 saturated carbocycles. The lowest BCUT2D eigenvalue weighted by atomic mass is 10.4. The topological polar surface area (TPSA) is 113 Å². The second-order valence-corrected chi connectivity index (χ2v) is 4.66. The van der Waals surface area contributed by atoms with Gasteiger partial charge in [-0.25, -0.2) is 13.1 Å². The molecule has 15 heavy (non-hydrogen) atoms. The molecule has 0 heterocycles. The Hall–Kier alpha value is -1.15. The van der Waals surface area contributed by atoms with Gasteiger partial charge in [0.25, 0.3) is 0 Å². The molecule has 0 bridgehead atoms. The summed E-state index contributed by atoms with van der Waals surface area (Å²) in [5.41, 5.74) is 0. The first-order valence-corrected chi connectivity index (χ1v) is 5.98. The zero-order valence-corrected chi connectivity index (χ0v) is 9.13. The first-order valence-electron chi connectivity index (χ1n) is 4.33. The van der Waals surface area contributed by atoms with Crippen molar-refractivity contribution in [3.8, 4) is 0 Å². The monoisotopic (exact) mass is 238 g/mol. The molecule has 0 atom stereocenters. The van der Waals surface area contributed by atoms with E-state index in [1.165, 1.54) is 0 Å². The molecule has 0 aliphatic heterocycles. The van der Waals surface area contributed by atoms with Gasteiger partial charge in [0.1, 0.15) is 6.42 Å². The predicted octanol–water partition coefficient (Wildman–Crippen LogP) is -1.48. The third-order valence-corrected chi connectivity index (χ3v) is 2.84. The standard InChI is InChI=1S/C7H14N2O5S/c1-2-9-15(13,14)4-3-8-6(10)5-7(11)12/h9H,2-5H2,1H3,(H,8,10)(H,11,12). The maximum Gasteiger partial charge on any atom is 0.312 e. The van der Waals surface area contributed by atoms with Crippen LogP contribution in [-0.2, 0) is 19.6 Å². The van der Waals surface area contributed by atoms with Gasteiger partial charge in [0, 0.05) is 13.1 Å². The third-order valence-electron chi connectivity index (χ3n) is 1.37. The molecule has 0 unspecified atom stereocenters. The Morgan fingerprint density at radius 2 is 1.93 bits per heavy atom. The summed E-state index contributed by atoms with van der Waals surface area (Å²) >= 11 is 0. The van der Waals surface area contributed by atoms with Gasteiger partial charge < -0.3 is 10.4 Å². The molecular weight excluding hydrogens is 224 g/mol. The predicted molar refractivity (Wildman–Crippen MR) is 52.7 cm³/mol. The van der Waals surface area contributed by atoms with E-state index in [-0.39, 0.29) is 18.8 Å². The summed E-state index contributed by atoms with van der Waals surface area (Å²) in [6, 6.07) is 0. The fourth-order valence-electron chi connectivity index (χ4n) is 0.817. The minimum Gasteiger partial charge on any atom is -0.481 e. The second kappa shape index (κ2) is 6.36. The molecule has 0 aliphatic carbocycles. The maximum absolute atomic E-state index is 11.1. The van der Waals surface area contributed by atoms with Crippen molar-refractivity contribution in [2.45, 2.75) is 13.3 Å². The van der Waals surface area contributed by atoms with E-state index in [4.69, 9.17) is 5.11 Å². The Kier molecular flexibility index (Phi) is 5.87. The number of carboxylic acid groups (broad SMARTS) is 1. The van der Waals surface area contributed by atoms with Gasteiger partial charge in [-0.2, -0.15) is 0 Å². The van der Waals surface area contributed by atoms with Crippen LogP contribution in [-0.4, -0.2) is 44.2 Å². The fourth-order valence-corrected chi connectivity index (χ4v) is 1.77. The van der Waals surface area contributed by atoms with Gasteiger partial charge in [0.05, 0.1) is 5.75 Å². The van der Waals surface area contributed by atoms with Gasteiger partial charge >= 0.3 is 5.97 Å². The van der Waals surface area contributed by atoms with Crippen molar-refractivity contribution in [1.29, 1.82) is 0 Å². The van der Waals surface area contributed by atoms with E-state index in [9.17, 15) is 18.0 Å². The first kappa shape index (κ1) is 13.8. The summed E-state index contributed by atoms with van der Waals surface area (Å²) in [5.74, 6) is -2.21. The van der Waals surface area contributed by atoms with Crippen LogP contribution >= 0.6 is 0 Å². The number of carbonyl (C=O) groups excluding carboxylic acids is 1. The summed E-state index contributed by atoms with van der Waals surface area (Å²) in [4.78, 5) is 20.9. The average Bonchev–Trinajstić information content (AvgIpc) is 2.01. The lowest BCUT2D eigenvalue weighted by molar-refractivity contribution is -0.140. The highest BCUT2D eigenvalue weighted by molar-refractivity contribution is 7.89. The molecule has 3 N–H and O–H groups in total. The number of sulfonamides is 1. The van der Waals surface area contributed by atoms with Crippen LogP contribution in [0, 0.1) is 0 Å². The van der Waals surface area contributed by atoms with Crippen LogP contribution in [0.1, 0.15) is 13.3 Å². The van der Waals surface area contributed by atoms with E-state index >= 15 is 0 Å². The average molecular weight is 238 g/mol. The molecule has 0 aromatic carbocycles. The Morgan fingerprint density at radius 3 is 2.40 bits per heavy atom. The molecule has 0 aliphatic rings. The molecule has 0 aromatic heterocycles. The van der Waals surface area contributed by atoms with Crippen molar-refractivity contribution in [3.63, 3.8) is 0 Å². The van der Waals surface area contributed by atoms with Crippen LogP contribution in [0.5, 0.6) is 0 Å². The minimum atomic E-state index is -3.37. The van der Waals surface area contributed by atoms with Crippen LogP contribution < -0.4 is 10.0 Å². The highest BCUT2D eigenvalue weighted by Crippen LogP contribution is 1.83. The van der Waals surface area contributed by atoms with Crippen LogP contribution in [0.2, 0.25) is 0 Å². The molecule has 7 nitrogen and oxygen atoms in total. The molecule has 0 fully saturated rings. The van der Waals surface area contributed by atoms with Gasteiger partial charge in [-0.05, 0) is 0 Å². The van der Waals surface area contributed by atoms with E-state index in [0.717, 1.165) is 0 Å². The second-order valence-electron chi connectivity index (χ2n) is 2.74. The van der Waals surface area contributed by atoms with Crippen molar-refractivity contribution >= 4 is 21.9 Å². The van der Waals surface area contributed by atoms with Crippen LogP contribution in [0.25, 0.3) is 0 Å². The lowest BCUT2D eigenvalue weighted by Crippen LogP contribution is -2.34. The van der Waals surface area contributed by atoms with Crippen LogP contribution in [0.15, 0.2) is 0 Å². The number of hydrogen-bond donors (Lipinski definition) is 3. The van der Waals surface area contributed by atoms with Crippen molar-refractivity contribution in [2.75, 3.05) is 18.8 Å². The fraction of sp³-hybridized carbons (Fsp3) is 0.714. The summed E-state index contributed by atoms with van der Waals surface area (Å²) < 4.78 is 24.4. The Labute approximate surface area is 87.9 Å². The quantitative estimate of drug-likeness (QED) is 0.468. The number of nitrogens with one attached hydrogen (secondary N) is 2. The Balaban J connectivity index is 3.80. The summed E-state index contributed by atoms with van der Waals surface area (Å²) in [5, 5.41) is 10.4. The molecule has 0 saturated heterocycles. The normalized spacial score (nSPS) is 11.0. The molecule has 88 valence electrons. The summed E-state index contributed by atoms with van der Waals surface area (Å²) in [6.45, 7) is 1.83. The van der Waals surface area contributed by atoms with Gasteiger partial charge in [0.2, 0.25) is 15.9 Å². The van der Waals surface area contributed by atoms with E-state index in [2.05, 4.69) is 10.0 Å². The van der Waals surface area contributed by atoms with Crippen LogP contribution in [0.4, 0.5) is 0 Å². The van der Waals surface area contributed by atoms with Crippen molar-refractivity contribution < 1.29 is 23.1 Å². The molecule has 1 amide bonds. The number of rotatable bonds is 7. The molecular formula is C7H14N2O5S. The van der Waals surface area contributed by atoms with Crippen molar-refractivity contribution in [2.24, 2.45) is 0 Å². The zero-order valence-electron chi connectivity index (χ0n) is 8.32. The van der Waals surface area contributed by atoms with Gasteiger partial charge in [-0.1, -0.05) is 6.92 Å². The van der Waals surface area contributed by atoms with Gasteiger partial charge in [-0.15, -0.1) is 0 Å². The number of amides is 1. The van der Waals surface area contributed by atoms with Crippen molar-refractivity contribution in [3.05, 3.63) is 0 Å². The molecule has 0 aromatic rings. The summed E-state index contributed by atoms with van der Waals surface area (Å²) in [6.07, 6.45) is -0.652. The van der Waals surface area contributed by atoms with Crippen LogP contribution in [0.3, 0.4) is 0 Å². The number of aliphatic carboxylic acids is 1. The lowest BCUT2D eigenvalue weighted by Gasteiger charge is -2.05. The third kappa shape index (κ3) is 7.89. The Bertz CT molecular complexity index is 324. The smallest absolute Gasteiger partial charge is 0.312 e. The first-order chi connectivity index (χ1) is 6.87. The van der Waals surface area contributed by atoms with E-state index in [1.807, 2.05) is 0 Å². The van der Waals surface area contributed by atoms with Gasteiger partial charge in [0.15, 0.2) is 0 Å².